The lowest BCUT2D eigenvalue weighted by Gasteiger charge is -2.35. The largest absolute Gasteiger partial charge is 0.356 e. The first kappa shape index (κ1) is 16.8. The first-order valence-corrected chi connectivity index (χ1v) is 8.79. The highest BCUT2D eigenvalue weighted by molar-refractivity contribution is 5.46. The standard InChI is InChI=1S/C17H27N7/c1-5-14-10-18-12(3)21-17(14)24-8-6-15(7-9-24)19-11(2)16-20-13(4)22-23-16/h10-11,15,19H,5-9H2,1-4H3,(H,20,22,23). The van der Waals surface area contributed by atoms with Gasteiger partial charge in [0.15, 0.2) is 5.82 Å². The van der Waals surface area contributed by atoms with Gasteiger partial charge in [-0.25, -0.2) is 15.0 Å². The van der Waals surface area contributed by atoms with Crippen molar-refractivity contribution in [1.29, 1.82) is 0 Å². The van der Waals surface area contributed by atoms with Gasteiger partial charge in [-0.15, -0.1) is 0 Å². The minimum Gasteiger partial charge on any atom is -0.356 e. The molecule has 24 heavy (non-hydrogen) atoms. The Balaban J connectivity index is 1.59. The van der Waals surface area contributed by atoms with E-state index >= 15 is 0 Å². The minimum absolute atomic E-state index is 0.166. The maximum Gasteiger partial charge on any atom is 0.167 e. The lowest BCUT2D eigenvalue weighted by atomic mass is 10.0. The second-order valence-corrected chi connectivity index (χ2v) is 6.55. The van der Waals surface area contributed by atoms with Gasteiger partial charge < -0.3 is 10.2 Å². The Bertz CT molecular complexity index is 673. The Morgan fingerprint density at radius 1 is 1.29 bits per heavy atom. The summed E-state index contributed by atoms with van der Waals surface area (Å²) in [4.78, 5) is 15.8. The Hall–Kier alpha value is -2.02. The number of rotatable bonds is 5. The number of aromatic amines is 1. The van der Waals surface area contributed by atoms with Crippen molar-refractivity contribution < 1.29 is 0 Å². The minimum atomic E-state index is 0.166. The summed E-state index contributed by atoms with van der Waals surface area (Å²) < 4.78 is 0. The molecule has 1 atom stereocenters. The monoisotopic (exact) mass is 329 g/mol. The molecule has 0 saturated carbocycles. The van der Waals surface area contributed by atoms with Crippen molar-refractivity contribution in [2.24, 2.45) is 0 Å². The molecule has 0 radical (unpaired) electrons. The molecule has 1 unspecified atom stereocenters. The van der Waals surface area contributed by atoms with Crippen molar-refractivity contribution in [3.63, 3.8) is 0 Å². The number of aryl methyl sites for hydroxylation is 3. The zero-order valence-electron chi connectivity index (χ0n) is 15.0. The molecule has 0 amide bonds. The van der Waals surface area contributed by atoms with Crippen LogP contribution in [0.5, 0.6) is 0 Å². The van der Waals surface area contributed by atoms with Gasteiger partial charge in [0.05, 0.1) is 6.04 Å². The van der Waals surface area contributed by atoms with Crippen LogP contribution in [0.1, 0.15) is 55.8 Å². The first-order chi connectivity index (χ1) is 11.6. The number of H-pyrrole nitrogens is 1. The lowest BCUT2D eigenvalue weighted by Crippen LogP contribution is -2.44. The Kier molecular flexibility index (Phi) is 5.08. The predicted octanol–water partition coefficient (Wildman–Crippen LogP) is 2.09. The highest BCUT2D eigenvalue weighted by Gasteiger charge is 2.24. The van der Waals surface area contributed by atoms with E-state index in [1.165, 1.54) is 5.56 Å². The van der Waals surface area contributed by atoms with E-state index in [1.807, 2.05) is 20.0 Å². The maximum absolute atomic E-state index is 4.67. The van der Waals surface area contributed by atoms with Gasteiger partial charge >= 0.3 is 0 Å². The quantitative estimate of drug-likeness (QED) is 0.874. The van der Waals surface area contributed by atoms with Gasteiger partial charge in [0, 0.05) is 30.9 Å². The van der Waals surface area contributed by atoms with Crippen molar-refractivity contribution in [1.82, 2.24) is 30.5 Å². The van der Waals surface area contributed by atoms with E-state index in [4.69, 9.17) is 0 Å². The molecule has 0 aliphatic carbocycles. The topological polar surface area (TPSA) is 82.6 Å². The van der Waals surface area contributed by atoms with Crippen molar-refractivity contribution in [2.75, 3.05) is 18.0 Å². The summed E-state index contributed by atoms with van der Waals surface area (Å²) in [7, 11) is 0. The van der Waals surface area contributed by atoms with Gasteiger partial charge in [0.2, 0.25) is 0 Å². The van der Waals surface area contributed by atoms with Crippen LogP contribution < -0.4 is 10.2 Å². The van der Waals surface area contributed by atoms with Gasteiger partial charge in [0.25, 0.3) is 0 Å². The van der Waals surface area contributed by atoms with Gasteiger partial charge in [-0.05, 0) is 40.0 Å². The summed E-state index contributed by atoms with van der Waals surface area (Å²) >= 11 is 0. The molecule has 7 heteroatoms. The van der Waals surface area contributed by atoms with Crippen LogP contribution in [0.2, 0.25) is 0 Å². The van der Waals surface area contributed by atoms with Crippen molar-refractivity contribution in [2.45, 2.75) is 59.0 Å². The smallest absolute Gasteiger partial charge is 0.167 e. The molecular weight excluding hydrogens is 302 g/mol. The molecule has 1 aliphatic rings. The average Bonchev–Trinajstić information content (AvgIpc) is 3.02. The first-order valence-electron chi connectivity index (χ1n) is 8.79. The van der Waals surface area contributed by atoms with Crippen LogP contribution in [0.3, 0.4) is 0 Å². The van der Waals surface area contributed by atoms with E-state index in [1.54, 1.807) is 0 Å². The fraction of sp³-hybridized carbons (Fsp3) is 0.647. The molecule has 3 heterocycles. The summed E-state index contributed by atoms with van der Waals surface area (Å²) in [6, 6.07) is 0.655. The molecule has 2 aromatic heterocycles. The zero-order chi connectivity index (χ0) is 17.1. The van der Waals surface area contributed by atoms with E-state index in [-0.39, 0.29) is 6.04 Å². The SMILES string of the molecule is CCc1cnc(C)nc1N1CCC(NC(C)c2n[nH]c(C)n2)CC1. The van der Waals surface area contributed by atoms with Gasteiger partial charge in [-0.3, -0.25) is 5.10 Å². The molecule has 1 aliphatic heterocycles. The Morgan fingerprint density at radius 2 is 2.04 bits per heavy atom. The molecule has 1 fully saturated rings. The summed E-state index contributed by atoms with van der Waals surface area (Å²) in [6.07, 6.45) is 5.13. The van der Waals surface area contributed by atoms with Gasteiger partial charge in [-0.1, -0.05) is 6.92 Å². The van der Waals surface area contributed by atoms with Crippen LogP contribution in [0.4, 0.5) is 5.82 Å². The lowest BCUT2D eigenvalue weighted by molar-refractivity contribution is 0.373. The number of nitrogens with zero attached hydrogens (tertiary/aromatic N) is 5. The second-order valence-electron chi connectivity index (χ2n) is 6.55. The van der Waals surface area contributed by atoms with Crippen molar-refractivity contribution in [3.8, 4) is 0 Å². The fourth-order valence-electron chi connectivity index (χ4n) is 3.25. The highest BCUT2D eigenvalue weighted by atomic mass is 15.2. The highest BCUT2D eigenvalue weighted by Crippen LogP contribution is 2.23. The van der Waals surface area contributed by atoms with E-state index in [0.717, 1.165) is 55.6 Å². The number of aromatic nitrogens is 5. The summed E-state index contributed by atoms with van der Waals surface area (Å²) in [5.74, 6) is 3.66. The number of piperidine rings is 1. The van der Waals surface area contributed by atoms with Crippen LogP contribution in [-0.4, -0.2) is 44.3 Å². The van der Waals surface area contributed by atoms with Crippen LogP contribution in [0.15, 0.2) is 6.20 Å². The Morgan fingerprint density at radius 3 is 2.67 bits per heavy atom. The van der Waals surface area contributed by atoms with Gasteiger partial charge in [0.1, 0.15) is 17.5 Å². The number of hydrogen-bond acceptors (Lipinski definition) is 6. The third-order valence-electron chi connectivity index (χ3n) is 4.63. The third-order valence-corrected chi connectivity index (χ3v) is 4.63. The van der Waals surface area contributed by atoms with Crippen molar-refractivity contribution >= 4 is 5.82 Å². The summed E-state index contributed by atoms with van der Waals surface area (Å²) in [5, 5.41) is 10.8. The molecule has 0 bridgehead atoms. The summed E-state index contributed by atoms with van der Waals surface area (Å²) in [6.45, 7) is 10.2. The van der Waals surface area contributed by atoms with Crippen LogP contribution >= 0.6 is 0 Å². The van der Waals surface area contributed by atoms with Crippen LogP contribution in [-0.2, 0) is 6.42 Å². The normalized spacial score (nSPS) is 17.2. The molecule has 0 aromatic carbocycles. The molecule has 2 aromatic rings. The summed E-state index contributed by atoms with van der Waals surface area (Å²) in [5.41, 5.74) is 1.23. The molecule has 1 saturated heterocycles. The Labute approximate surface area is 143 Å². The van der Waals surface area contributed by atoms with Crippen LogP contribution in [0, 0.1) is 13.8 Å². The predicted molar refractivity (Wildman–Crippen MR) is 94.1 cm³/mol. The number of anilines is 1. The number of hydrogen-bond donors (Lipinski definition) is 2. The molecular formula is C17H27N7. The molecule has 3 rings (SSSR count). The van der Waals surface area contributed by atoms with E-state index in [0.29, 0.717) is 6.04 Å². The van der Waals surface area contributed by atoms with E-state index in [9.17, 15) is 0 Å². The van der Waals surface area contributed by atoms with E-state index in [2.05, 4.69) is 49.2 Å². The fourth-order valence-corrected chi connectivity index (χ4v) is 3.25. The second kappa shape index (κ2) is 7.25. The average molecular weight is 329 g/mol. The third kappa shape index (κ3) is 3.72. The van der Waals surface area contributed by atoms with Crippen LogP contribution in [0.25, 0.3) is 0 Å². The molecule has 7 nitrogen and oxygen atoms in total. The maximum atomic E-state index is 4.67. The zero-order valence-corrected chi connectivity index (χ0v) is 15.0. The molecule has 0 spiro atoms. The molecule has 130 valence electrons. The molecule has 2 N–H and O–H groups in total. The number of nitrogens with one attached hydrogen (secondary N) is 2. The van der Waals surface area contributed by atoms with Gasteiger partial charge in [-0.2, -0.15) is 5.10 Å². The van der Waals surface area contributed by atoms with Crippen molar-refractivity contribution in [3.05, 3.63) is 29.2 Å². The van der Waals surface area contributed by atoms with E-state index < -0.39 is 0 Å².